The zero-order chi connectivity index (χ0) is 25.7. The highest BCUT2D eigenvalue weighted by atomic mass is 16.2. The number of nitrogens with zero attached hydrogens (tertiary/aromatic N) is 5. The third-order valence-corrected chi connectivity index (χ3v) is 8.84. The van der Waals surface area contributed by atoms with Gasteiger partial charge in [0.2, 0.25) is 5.91 Å². The highest BCUT2D eigenvalue weighted by Crippen LogP contribution is 2.42. The number of piperidine rings is 1. The van der Waals surface area contributed by atoms with Gasteiger partial charge < -0.3 is 24.9 Å². The van der Waals surface area contributed by atoms with Crippen molar-refractivity contribution < 1.29 is 9.59 Å². The molecule has 1 saturated carbocycles. The number of pyridine rings is 1. The smallest absolute Gasteiger partial charge is 0.251 e. The van der Waals surface area contributed by atoms with Crippen LogP contribution in [-0.4, -0.2) is 73.6 Å². The molecule has 2 fully saturated rings. The first-order chi connectivity index (χ1) is 17.9. The molecule has 1 aromatic heterocycles. The summed E-state index contributed by atoms with van der Waals surface area (Å²) in [6, 6.07) is 10.6. The van der Waals surface area contributed by atoms with Gasteiger partial charge in [-0.3, -0.25) is 9.59 Å². The largest absolute Gasteiger partial charge is 0.349 e. The van der Waals surface area contributed by atoms with Crippen LogP contribution in [0.5, 0.6) is 0 Å². The second kappa shape index (κ2) is 9.63. The zero-order valence-electron chi connectivity index (χ0n) is 22.2. The molecule has 196 valence electrons. The molecular formula is C29H38N6O2. The summed E-state index contributed by atoms with van der Waals surface area (Å²) in [5, 5.41) is 3.24. The number of likely N-dealkylation sites (N-methyl/N-ethyl adjacent to an activating group) is 1. The van der Waals surface area contributed by atoms with E-state index in [9.17, 15) is 9.59 Å². The van der Waals surface area contributed by atoms with Gasteiger partial charge in [0.15, 0.2) is 5.82 Å². The van der Waals surface area contributed by atoms with E-state index in [2.05, 4.69) is 39.2 Å². The highest BCUT2D eigenvalue weighted by Gasteiger charge is 2.40. The maximum atomic E-state index is 13.0. The number of aromatic nitrogens is 1. The molecule has 0 unspecified atom stereocenters. The summed E-state index contributed by atoms with van der Waals surface area (Å²) in [6.45, 7) is 4.89. The number of hydrogen-bond donors (Lipinski definition) is 1. The van der Waals surface area contributed by atoms with Gasteiger partial charge in [-0.25, -0.2) is 4.98 Å². The zero-order valence-corrected chi connectivity index (χ0v) is 22.2. The molecule has 1 atom stereocenters. The van der Waals surface area contributed by atoms with Gasteiger partial charge >= 0.3 is 0 Å². The Labute approximate surface area is 219 Å². The van der Waals surface area contributed by atoms with E-state index in [1.165, 1.54) is 18.4 Å². The number of likely N-dealkylation sites (tertiary alicyclic amines) is 1. The number of carbonyl (C=O) groups is 2. The van der Waals surface area contributed by atoms with E-state index >= 15 is 0 Å². The average molecular weight is 503 g/mol. The lowest BCUT2D eigenvalue weighted by molar-refractivity contribution is -0.119. The van der Waals surface area contributed by atoms with Crippen LogP contribution < -0.4 is 20.0 Å². The van der Waals surface area contributed by atoms with Gasteiger partial charge in [0.1, 0.15) is 11.9 Å². The van der Waals surface area contributed by atoms with Crippen LogP contribution >= 0.6 is 0 Å². The summed E-state index contributed by atoms with van der Waals surface area (Å²) >= 11 is 0. The summed E-state index contributed by atoms with van der Waals surface area (Å²) in [4.78, 5) is 39.7. The third-order valence-electron chi connectivity index (χ3n) is 8.84. The first-order valence-electron chi connectivity index (χ1n) is 13.9. The Bertz CT molecular complexity index is 1200. The SMILES string of the molecule is C[C@@H]1C(=O)N(C)c2ccc(N3CCc4cc(C(=O)NC5CCN(C)CC5)ccc43)nc2N1C1CCCC1. The van der Waals surface area contributed by atoms with Crippen molar-refractivity contribution in [1.29, 1.82) is 0 Å². The molecule has 0 bridgehead atoms. The summed E-state index contributed by atoms with van der Waals surface area (Å²) < 4.78 is 0. The lowest BCUT2D eigenvalue weighted by atomic mass is 10.0. The minimum Gasteiger partial charge on any atom is -0.349 e. The van der Waals surface area contributed by atoms with E-state index in [1.807, 2.05) is 32.2 Å². The molecule has 1 aliphatic carbocycles. The molecule has 1 saturated heterocycles. The second-order valence-corrected chi connectivity index (χ2v) is 11.2. The topological polar surface area (TPSA) is 72.0 Å². The van der Waals surface area contributed by atoms with Gasteiger partial charge in [0.05, 0.1) is 5.69 Å². The second-order valence-electron chi connectivity index (χ2n) is 11.2. The number of carbonyl (C=O) groups excluding carboxylic acids is 2. The van der Waals surface area contributed by atoms with Gasteiger partial charge in [-0.2, -0.15) is 0 Å². The molecule has 1 N–H and O–H groups in total. The van der Waals surface area contributed by atoms with Crippen molar-refractivity contribution in [3.8, 4) is 0 Å². The minimum absolute atomic E-state index is 0.0246. The molecule has 6 rings (SSSR count). The fourth-order valence-electron chi connectivity index (χ4n) is 6.61. The van der Waals surface area contributed by atoms with Crippen LogP contribution in [0.25, 0.3) is 0 Å². The maximum absolute atomic E-state index is 13.0. The molecule has 3 aliphatic heterocycles. The van der Waals surface area contributed by atoms with Crippen molar-refractivity contribution in [3.63, 3.8) is 0 Å². The summed E-state index contributed by atoms with van der Waals surface area (Å²) in [5.74, 6) is 1.98. The average Bonchev–Trinajstić information content (AvgIpc) is 3.59. The molecular weight excluding hydrogens is 464 g/mol. The first-order valence-corrected chi connectivity index (χ1v) is 13.9. The van der Waals surface area contributed by atoms with Gasteiger partial charge in [0.25, 0.3) is 5.91 Å². The monoisotopic (exact) mass is 502 g/mol. The molecule has 0 spiro atoms. The molecule has 0 radical (unpaired) electrons. The molecule has 1 aromatic carbocycles. The maximum Gasteiger partial charge on any atom is 0.251 e. The van der Waals surface area contributed by atoms with Crippen molar-refractivity contribution in [1.82, 2.24) is 15.2 Å². The van der Waals surface area contributed by atoms with Crippen LogP contribution in [0.2, 0.25) is 0 Å². The van der Waals surface area contributed by atoms with E-state index < -0.39 is 0 Å². The normalized spacial score (nSPS) is 22.9. The van der Waals surface area contributed by atoms with E-state index in [1.54, 1.807) is 4.90 Å². The standard InChI is InChI=1S/C29H38N6O2/c1-19-29(37)33(3)25-10-11-26(31-27(25)35(19)23-6-4-5-7-23)34-17-12-20-18-21(8-9-24(20)34)28(36)30-22-13-15-32(2)16-14-22/h8-11,18-19,22-23H,4-7,12-17H2,1-3H3,(H,30,36)/t19-/m1/s1. The third kappa shape index (κ3) is 4.35. The van der Waals surface area contributed by atoms with Crippen LogP contribution in [0.15, 0.2) is 30.3 Å². The molecule has 8 heteroatoms. The Morgan fingerprint density at radius 3 is 2.46 bits per heavy atom. The van der Waals surface area contributed by atoms with E-state index in [4.69, 9.17) is 4.98 Å². The predicted molar refractivity (Wildman–Crippen MR) is 147 cm³/mol. The van der Waals surface area contributed by atoms with Gasteiger partial charge in [-0.05, 0) is 95.1 Å². The van der Waals surface area contributed by atoms with Crippen LogP contribution in [-0.2, 0) is 11.2 Å². The minimum atomic E-state index is -0.208. The number of anilines is 4. The number of amides is 2. The van der Waals surface area contributed by atoms with Crippen molar-refractivity contribution in [2.45, 2.75) is 70.0 Å². The van der Waals surface area contributed by atoms with Crippen molar-refractivity contribution in [2.75, 3.05) is 48.4 Å². The molecule has 4 heterocycles. The Morgan fingerprint density at radius 2 is 1.70 bits per heavy atom. The lowest BCUT2D eigenvalue weighted by Crippen LogP contribution is -2.54. The number of hydrogen-bond acceptors (Lipinski definition) is 6. The number of nitrogens with one attached hydrogen (secondary N) is 1. The Kier molecular flexibility index (Phi) is 6.31. The van der Waals surface area contributed by atoms with Crippen LogP contribution in [0.4, 0.5) is 23.0 Å². The number of benzene rings is 1. The summed E-state index contributed by atoms with van der Waals surface area (Å²) in [6.07, 6.45) is 7.53. The quantitative estimate of drug-likeness (QED) is 0.687. The fourth-order valence-corrected chi connectivity index (χ4v) is 6.61. The molecule has 4 aliphatic rings. The number of rotatable bonds is 4. The summed E-state index contributed by atoms with van der Waals surface area (Å²) in [5.41, 5.74) is 3.92. The van der Waals surface area contributed by atoms with Gasteiger partial charge in [-0.1, -0.05) is 12.8 Å². The van der Waals surface area contributed by atoms with Crippen LogP contribution in [0, 0.1) is 0 Å². The lowest BCUT2D eigenvalue weighted by Gasteiger charge is -2.43. The van der Waals surface area contributed by atoms with Crippen molar-refractivity contribution in [3.05, 3.63) is 41.5 Å². The van der Waals surface area contributed by atoms with E-state index in [0.717, 1.165) is 80.3 Å². The first kappa shape index (κ1) is 24.2. The Morgan fingerprint density at radius 1 is 0.973 bits per heavy atom. The predicted octanol–water partition coefficient (Wildman–Crippen LogP) is 3.71. The molecule has 8 nitrogen and oxygen atoms in total. The Balaban J connectivity index is 1.25. The van der Waals surface area contributed by atoms with Crippen molar-refractivity contribution in [2.24, 2.45) is 0 Å². The van der Waals surface area contributed by atoms with Crippen LogP contribution in [0.3, 0.4) is 0 Å². The fraction of sp³-hybridized carbons (Fsp3) is 0.552. The van der Waals surface area contributed by atoms with Crippen molar-refractivity contribution >= 4 is 34.8 Å². The van der Waals surface area contributed by atoms with Crippen LogP contribution in [0.1, 0.15) is 61.4 Å². The van der Waals surface area contributed by atoms with E-state index in [-0.39, 0.29) is 23.9 Å². The molecule has 37 heavy (non-hydrogen) atoms. The van der Waals surface area contributed by atoms with E-state index in [0.29, 0.717) is 6.04 Å². The molecule has 2 amide bonds. The van der Waals surface area contributed by atoms with Gasteiger partial charge in [-0.15, -0.1) is 0 Å². The highest BCUT2D eigenvalue weighted by molar-refractivity contribution is 6.04. The molecule has 2 aromatic rings. The van der Waals surface area contributed by atoms with Gasteiger partial charge in [0, 0.05) is 36.9 Å². The Hall–Kier alpha value is -3.13. The summed E-state index contributed by atoms with van der Waals surface area (Å²) in [7, 11) is 3.99. The number of fused-ring (bicyclic) bond motifs is 2.